The van der Waals surface area contributed by atoms with E-state index in [0.717, 1.165) is 37.9 Å². The van der Waals surface area contributed by atoms with Crippen LogP contribution in [0.15, 0.2) is 85.2 Å². The van der Waals surface area contributed by atoms with Gasteiger partial charge in [0.05, 0.1) is 0 Å². The lowest BCUT2D eigenvalue weighted by Crippen LogP contribution is -2.45. The molecule has 0 unspecified atom stereocenters. The number of benzene rings is 2. The topological polar surface area (TPSA) is 66.0 Å². The summed E-state index contributed by atoms with van der Waals surface area (Å²) in [5, 5.41) is 3.01. The van der Waals surface area contributed by atoms with Gasteiger partial charge in [-0.15, -0.1) is 24.8 Å². The number of rotatable bonds is 8. The minimum Gasteiger partial charge on any atom is -0.326 e. The third-order valence-electron chi connectivity index (χ3n) is 6.06. The molecule has 1 aliphatic carbocycles. The highest BCUT2D eigenvalue weighted by Gasteiger charge is 2.26. The van der Waals surface area contributed by atoms with Crippen LogP contribution in [0.2, 0.25) is 0 Å². The van der Waals surface area contributed by atoms with Crippen LogP contribution in [0.1, 0.15) is 42.7 Å². The smallest absolute Gasteiger partial charge is 0.227 e. The highest BCUT2D eigenvalue weighted by Crippen LogP contribution is 2.26. The van der Waals surface area contributed by atoms with E-state index in [2.05, 4.69) is 81.8 Å². The second kappa shape index (κ2) is 14.0. The average molecular weight is 487 g/mol. The molecule has 1 amide bonds. The van der Waals surface area contributed by atoms with Gasteiger partial charge in [0, 0.05) is 42.5 Å². The maximum absolute atomic E-state index is 12.5. The third-order valence-corrected chi connectivity index (χ3v) is 6.06. The van der Waals surface area contributed by atoms with Gasteiger partial charge in [-0.2, -0.15) is 0 Å². The molecule has 3 aromatic rings. The van der Waals surface area contributed by atoms with Crippen LogP contribution in [0, 0.1) is 5.92 Å². The first-order valence-electron chi connectivity index (χ1n) is 11.1. The van der Waals surface area contributed by atoms with Crippen molar-refractivity contribution in [1.29, 1.82) is 0 Å². The van der Waals surface area contributed by atoms with Gasteiger partial charge in [0.1, 0.15) is 0 Å². The van der Waals surface area contributed by atoms with Crippen LogP contribution in [0.4, 0.5) is 5.69 Å². The molecule has 1 heterocycles. The van der Waals surface area contributed by atoms with Gasteiger partial charge >= 0.3 is 0 Å². The Balaban J connectivity index is 0.00000193. The normalized spacial score (nSPS) is 17.5. The molecular formula is C26H32Cl2N4O. The molecule has 0 aliphatic heterocycles. The summed E-state index contributed by atoms with van der Waals surface area (Å²) in [5.41, 5.74) is 10.4. The lowest BCUT2D eigenvalue weighted by atomic mass is 9.85. The Bertz CT molecular complexity index is 897. The van der Waals surface area contributed by atoms with E-state index in [1.165, 1.54) is 11.1 Å². The molecule has 0 bridgehead atoms. The minimum absolute atomic E-state index is 0. The Morgan fingerprint density at radius 1 is 0.818 bits per heavy atom. The zero-order chi connectivity index (χ0) is 21.3. The number of pyridine rings is 1. The molecule has 1 aliphatic rings. The molecule has 1 saturated carbocycles. The third kappa shape index (κ3) is 7.83. The second-order valence-corrected chi connectivity index (χ2v) is 8.17. The van der Waals surface area contributed by atoms with Crippen LogP contribution in [0.3, 0.4) is 0 Å². The number of anilines is 1. The van der Waals surface area contributed by atoms with Crippen molar-refractivity contribution >= 4 is 36.4 Å². The summed E-state index contributed by atoms with van der Waals surface area (Å²) >= 11 is 0. The molecule has 33 heavy (non-hydrogen) atoms. The molecule has 4 rings (SSSR count). The highest BCUT2D eigenvalue weighted by atomic mass is 35.5. The molecule has 5 nitrogen and oxygen atoms in total. The molecule has 0 atom stereocenters. The molecule has 0 saturated heterocycles. The van der Waals surface area contributed by atoms with Crippen molar-refractivity contribution in [3.05, 3.63) is 96.3 Å². The Labute approximate surface area is 208 Å². The second-order valence-electron chi connectivity index (χ2n) is 8.17. The van der Waals surface area contributed by atoms with Crippen molar-refractivity contribution in [3.63, 3.8) is 0 Å². The largest absolute Gasteiger partial charge is 0.326 e. The summed E-state index contributed by atoms with van der Waals surface area (Å²) in [7, 11) is 0. The van der Waals surface area contributed by atoms with E-state index in [-0.39, 0.29) is 42.6 Å². The van der Waals surface area contributed by atoms with Crippen LogP contribution in [0.5, 0.6) is 0 Å². The number of nitrogens with one attached hydrogen (secondary N) is 3. The Morgan fingerprint density at radius 2 is 1.36 bits per heavy atom. The number of carbonyl (C=O) groups is 1. The van der Waals surface area contributed by atoms with Crippen molar-refractivity contribution in [2.75, 3.05) is 11.9 Å². The molecule has 1 aromatic heterocycles. The summed E-state index contributed by atoms with van der Waals surface area (Å²) in [6.45, 7) is 0.816. The van der Waals surface area contributed by atoms with Crippen LogP contribution in [0.25, 0.3) is 0 Å². The first kappa shape index (κ1) is 26.8. The zero-order valence-electron chi connectivity index (χ0n) is 18.5. The van der Waals surface area contributed by atoms with Crippen molar-refractivity contribution in [2.45, 2.75) is 37.6 Å². The summed E-state index contributed by atoms with van der Waals surface area (Å²) in [5.74, 6) is 0.482. The van der Waals surface area contributed by atoms with Crippen LogP contribution in [-0.2, 0) is 4.79 Å². The van der Waals surface area contributed by atoms with E-state index in [4.69, 9.17) is 0 Å². The van der Waals surface area contributed by atoms with E-state index in [9.17, 15) is 4.79 Å². The summed E-state index contributed by atoms with van der Waals surface area (Å²) in [6, 6.07) is 25.3. The quantitative estimate of drug-likeness (QED) is 0.375. The van der Waals surface area contributed by atoms with E-state index >= 15 is 0 Å². The fourth-order valence-electron chi connectivity index (χ4n) is 4.28. The molecule has 2 aromatic carbocycles. The molecule has 176 valence electrons. The van der Waals surface area contributed by atoms with Gasteiger partial charge < -0.3 is 5.32 Å². The number of carbonyl (C=O) groups excluding carboxylic acids is 1. The maximum Gasteiger partial charge on any atom is 0.227 e. The van der Waals surface area contributed by atoms with Gasteiger partial charge in [-0.1, -0.05) is 60.7 Å². The number of aromatic nitrogens is 1. The van der Waals surface area contributed by atoms with Crippen LogP contribution >= 0.6 is 24.8 Å². The predicted molar refractivity (Wildman–Crippen MR) is 139 cm³/mol. The number of nitrogens with zero attached hydrogens (tertiary/aromatic N) is 1. The summed E-state index contributed by atoms with van der Waals surface area (Å²) in [4.78, 5) is 16.5. The molecular weight excluding hydrogens is 455 g/mol. The fourth-order valence-corrected chi connectivity index (χ4v) is 4.28. The first-order chi connectivity index (χ1) is 15.3. The highest BCUT2D eigenvalue weighted by molar-refractivity contribution is 5.92. The SMILES string of the molecule is Cl.Cl.O=C(Nc1ccncc1)C1CCC(NNCC(c2ccccc2)c2ccccc2)CC1. The fraction of sp³-hybridized carbons (Fsp3) is 0.308. The molecule has 0 spiro atoms. The van der Waals surface area contributed by atoms with Crippen molar-refractivity contribution in [1.82, 2.24) is 15.8 Å². The molecule has 3 N–H and O–H groups in total. The Hall–Kier alpha value is -2.44. The average Bonchev–Trinajstić information content (AvgIpc) is 2.84. The van der Waals surface area contributed by atoms with Crippen molar-refractivity contribution < 1.29 is 4.79 Å². The first-order valence-corrected chi connectivity index (χ1v) is 11.1. The lowest BCUT2D eigenvalue weighted by molar-refractivity contribution is -0.120. The standard InChI is InChI=1S/C26H30N4O.2ClH/c31-26(29-23-15-17-27-18-16-23)22-11-13-24(14-12-22)30-28-19-25(20-7-3-1-4-8-20)21-9-5-2-6-10-21;;/h1-10,15-18,22,24-25,28,30H,11-14,19H2,(H,27,29,31);2*1H. The van der Waals surface area contributed by atoms with Crippen LogP contribution < -0.4 is 16.2 Å². The maximum atomic E-state index is 12.5. The van der Waals surface area contributed by atoms with Gasteiger partial charge in [-0.05, 0) is 48.9 Å². The lowest BCUT2D eigenvalue weighted by Gasteiger charge is -2.29. The van der Waals surface area contributed by atoms with E-state index < -0.39 is 0 Å². The number of hydrogen-bond acceptors (Lipinski definition) is 4. The monoisotopic (exact) mass is 486 g/mol. The Morgan fingerprint density at radius 3 is 1.91 bits per heavy atom. The number of hydrazine groups is 1. The van der Waals surface area contributed by atoms with Gasteiger partial charge in [0.15, 0.2) is 0 Å². The summed E-state index contributed by atoms with van der Waals surface area (Å²) < 4.78 is 0. The van der Waals surface area contributed by atoms with Crippen molar-refractivity contribution in [3.8, 4) is 0 Å². The zero-order valence-corrected chi connectivity index (χ0v) is 20.2. The number of hydrogen-bond donors (Lipinski definition) is 3. The van der Waals surface area contributed by atoms with Gasteiger partial charge in [-0.25, -0.2) is 0 Å². The Kier molecular flexibility index (Phi) is 11.3. The molecule has 1 fully saturated rings. The van der Waals surface area contributed by atoms with Crippen molar-refractivity contribution in [2.24, 2.45) is 5.92 Å². The van der Waals surface area contributed by atoms with E-state index in [1.54, 1.807) is 12.4 Å². The van der Waals surface area contributed by atoms with E-state index in [1.807, 2.05) is 12.1 Å². The number of halogens is 2. The molecule has 7 heteroatoms. The number of amides is 1. The summed E-state index contributed by atoms with van der Waals surface area (Å²) in [6.07, 6.45) is 7.17. The van der Waals surface area contributed by atoms with Gasteiger partial charge in [-0.3, -0.25) is 20.6 Å². The molecule has 0 radical (unpaired) electrons. The van der Waals surface area contributed by atoms with Gasteiger partial charge in [0.25, 0.3) is 0 Å². The van der Waals surface area contributed by atoms with Gasteiger partial charge in [0.2, 0.25) is 5.91 Å². The minimum atomic E-state index is 0. The predicted octanol–water partition coefficient (Wildman–Crippen LogP) is 5.35. The van der Waals surface area contributed by atoms with E-state index in [0.29, 0.717) is 6.04 Å². The van der Waals surface area contributed by atoms with Crippen LogP contribution in [-0.4, -0.2) is 23.5 Å².